The molecule has 1 saturated carbocycles. The van der Waals surface area contributed by atoms with E-state index in [9.17, 15) is 4.79 Å². The van der Waals surface area contributed by atoms with Crippen LogP contribution in [0.4, 0.5) is 0 Å². The van der Waals surface area contributed by atoms with Crippen molar-refractivity contribution in [2.75, 3.05) is 6.54 Å². The molecule has 0 saturated heterocycles. The molecule has 1 unspecified atom stereocenters. The zero-order valence-electron chi connectivity index (χ0n) is 10.4. The van der Waals surface area contributed by atoms with Gasteiger partial charge < -0.3 is 11.1 Å². The molecular formula is C13H21ClN2OS. The lowest BCUT2D eigenvalue weighted by Gasteiger charge is -2.29. The Bertz CT molecular complexity index is 350. The zero-order valence-corrected chi connectivity index (χ0v) is 12.1. The van der Waals surface area contributed by atoms with Gasteiger partial charge in [0.25, 0.3) is 5.91 Å². The molecule has 0 spiro atoms. The van der Waals surface area contributed by atoms with Crippen LogP contribution in [0.3, 0.4) is 0 Å². The molecule has 18 heavy (non-hydrogen) atoms. The molecule has 1 aromatic rings. The first-order valence-electron chi connectivity index (χ1n) is 6.35. The minimum Gasteiger partial charge on any atom is -0.347 e. The fraction of sp³-hybridized carbons (Fsp3) is 0.615. The monoisotopic (exact) mass is 288 g/mol. The lowest BCUT2D eigenvalue weighted by Crippen LogP contribution is -2.45. The van der Waals surface area contributed by atoms with Gasteiger partial charge in [0.1, 0.15) is 0 Å². The van der Waals surface area contributed by atoms with Gasteiger partial charge in [0.15, 0.2) is 0 Å². The molecule has 1 aromatic heterocycles. The zero-order chi connectivity index (χ0) is 12.1. The Balaban J connectivity index is 0.00000162. The lowest BCUT2D eigenvalue weighted by atomic mass is 9.84. The first-order valence-corrected chi connectivity index (χ1v) is 7.23. The highest BCUT2D eigenvalue weighted by atomic mass is 35.5. The van der Waals surface area contributed by atoms with Gasteiger partial charge in [-0.3, -0.25) is 4.79 Å². The van der Waals surface area contributed by atoms with Gasteiger partial charge in [0, 0.05) is 12.6 Å². The Hall–Kier alpha value is -0.580. The van der Waals surface area contributed by atoms with E-state index in [1.165, 1.54) is 43.4 Å². The Morgan fingerprint density at radius 1 is 1.44 bits per heavy atom. The van der Waals surface area contributed by atoms with Crippen LogP contribution >= 0.6 is 23.7 Å². The Labute approximate surface area is 119 Å². The van der Waals surface area contributed by atoms with Crippen LogP contribution in [-0.2, 0) is 0 Å². The summed E-state index contributed by atoms with van der Waals surface area (Å²) in [5.74, 6) is 0.596. The number of nitrogens with two attached hydrogens (primary N) is 1. The third-order valence-electron chi connectivity index (χ3n) is 3.53. The predicted octanol–water partition coefficient (Wildman–Crippen LogP) is 2.81. The molecule has 0 radical (unpaired) electrons. The van der Waals surface area contributed by atoms with E-state index in [0.29, 0.717) is 12.5 Å². The van der Waals surface area contributed by atoms with Crippen molar-refractivity contribution < 1.29 is 4.79 Å². The third-order valence-corrected chi connectivity index (χ3v) is 4.40. The van der Waals surface area contributed by atoms with Crippen molar-refractivity contribution in [3.05, 3.63) is 22.4 Å². The summed E-state index contributed by atoms with van der Waals surface area (Å²) in [6.45, 7) is 0.543. The summed E-state index contributed by atoms with van der Waals surface area (Å²) >= 11 is 1.48. The van der Waals surface area contributed by atoms with E-state index in [2.05, 4.69) is 5.32 Å². The average molecular weight is 289 g/mol. The summed E-state index contributed by atoms with van der Waals surface area (Å²) < 4.78 is 0. The van der Waals surface area contributed by atoms with Gasteiger partial charge in [-0.1, -0.05) is 25.3 Å². The lowest BCUT2D eigenvalue weighted by molar-refractivity contribution is 0.0919. The van der Waals surface area contributed by atoms with Crippen molar-refractivity contribution in [1.29, 1.82) is 0 Å². The number of halogens is 1. The molecule has 3 nitrogen and oxygen atoms in total. The van der Waals surface area contributed by atoms with Crippen LogP contribution in [0.25, 0.3) is 0 Å². The molecule has 0 aliphatic heterocycles. The number of amides is 1. The van der Waals surface area contributed by atoms with Gasteiger partial charge in [-0.25, -0.2) is 0 Å². The van der Waals surface area contributed by atoms with Crippen molar-refractivity contribution >= 4 is 29.7 Å². The molecule has 1 fully saturated rings. The molecule has 0 bridgehead atoms. The first kappa shape index (κ1) is 15.5. The van der Waals surface area contributed by atoms with Crippen LogP contribution < -0.4 is 11.1 Å². The molecule has 1 heterocycles. The van der Waals surface area contributed by atoms with E-state index >= 15 is 0 Å². The average Bonchev–Trinajstić information content (AvgIpc) is 2.90. The van der Waals surface area contributed by atoms with Crippen LogP contribution in [-0.4, -0.2) is 18.5 Å². The molecule has 1 aliphatic carbocycles. The van der Waals surface area contributed by atoms with Crippen molar-refractivity contribution in [2.24, 2.45) is 11.7 Å². The summed E-state index contributed by atoms with van der Waals surface area (Å²) in [5, 5.41) is 5.01. The van der Waals surface area contributed by atoms with E-state index in [1.807, 2.05) is 17.5 Å². The van der Waals surface area contributed by atoms with E-state index < -0.39 is 0 Å². The minimum atomic E-state index is 0. The Morgan fingerprint density at radius 2 is 2.17 bits per heavy atom. The van der Waals surface area contributed by atoms with Gasteiger partial charge in [-0.2, -0.15) is 0 Å². The van der Waals surface area contributed by atoms with Crippen molar-refractivity contribution in [3.8, 4) is 0 Å². The van der Waals surface area contributed by atoms with Crippen molar-refractivity contribution in [3.63, 3.8) is 0 Å². The normalized spacial score (nSPS) is 17.8. The Morgan fingerprint density at radius 3 is 2.72 bits per heavy atom. The molecule has 2 rings (SSSR count). The maximum absolute atomic E-state index is 12.0. The van der Waals surface area contributed by atoms with Crippen LogP contribution in [0, 0.1) is 5.92 Å². The summed E-state index contributed by atoms with van der Waals surface area (Å²) in [4.78, 5) is 12.7. The van der Waals surface area contributed by atoms with Gasteiger partial charge in [-0.15, -0.1) is 23.7 Å². The molecule has 1 aliphatic rings. The smallest absolute Gasteiger partial charge is 0.261 e. The highest BCUT2D eigenvalue weighted by Crippen LogP contribution is 2.26. The maximum atomic E-state index is 12.0. The number of nitrogens with one attached hydrogen (secondary N) is 1. The summed E-state index contributed by atoms with van der Waals surface area (Å²) in [7, 11) is 0. The van der Waals surface area contributed by atoms with E-state index in [1.54, 1.807) is 0 Å². The number of hydrogen-bond donors (Lipinski definition) is 2. The topological polar surface area (TPSA) is 55.1 Å². The van der Waals surface area contributed by atoms with Gasteiger partial charge in [0.05, 0.1) is 4.88 Å². The predicted molar refractivity (Wildman–Crippen MR) is 78.5 cm³/mol. The summed E-state index contributed by atoms with van der Waals surface area (Å²) in [6.07, 6.45) is 6.28. The van der Waals surface area contributed by atoms with Gasteiger partial charge in [0.2, 0.25) is 0 Å². The van der Waals surface area contributed by atoms with E-state index in [4.69, 9.17) is 5.73 Å². The Kier molecular flexibility index (Phi) is 6.68. The molecule has 3 N–H and O–H groups in total. The van der Waals surface area contributed by atoms with E-state index in [-0.39, 0.29) is 24.4 Å². The molecule has 102 valence electrons. The van der Waals surface area contributed by atoms with Crippen molar-refractivity contribution in [2.45, 2.75) is 38.1 Å². The first-order chi connectivity index (χ1) is 8.31. The minimum absolute atomic E-state index is 0. The van der Waals surface area contributed by atoms with Crippen LogP contribution in [0.15, 0.2) is 17.5 Å². The molecular weight excluding hydrogens is 268 g/mol. The summed E-state index contributed by atoms with van der Waals surface area (Å²) in [5.41, 5.74) is 5.79. The van der Waals surface area contributed by atoms with Crippen LogP contribution in [0.2, 0.25) is 0 Å². The van der Waals surface area contributed by atoms with Gasteiger partial charge in [-0.05, 0) is 30.2 Å². The second kappa shape index (κ2) is 7.77. The number of rotatable bonds is 4. The SMILES string of the molecule is Cl.NCC(NC(=O)c1cccs1)C1CCCCC1. The van der Waals surface area contributed by atoms with Crippen LogP contribution in [0.5, 0.6) is 0 Å². The number of thiophene rings is 1. The second-order valence-corrected chi connectivity index (χ2v) is 5.64. The largest absolute Gasteiger partial charge is 0.347 e. The third kappa shape index (κ3) is 3.97. The summed E-state index contributed by atoms with van der Waals surface area (Å²) in [6, 6.07) is 3.90. The maximum Gasteiger partial charge on any atom is 0.261 e. The fourth-order valence-electron chi connectivity index (χ4n) is 2.55. The van der Waals surface area contributed by atoms with E-state index in [0.717, 1.165) is 4.88 Å². The standard InChI is InChI=1S/C13H20N2OS.ClH/c14-9-11(10-5-2-1-3-6-10)15-13(16)12-7-4-8-17-12;/h4,7-8,10-11H,1-3,5-6,9,14H2,(H,15,16);1H. The quantitative estimate of drug-likeness (QED) is 0.895. The van der Waals surface area contributed by atoms with Gasteiger partial charge >= 0.3 is 0 Å². The molecule has 1 amide bonds. The molecule has 0 aromatic carbocycles. The number of hydrogen-bond acceptors (Lipinski definition) is 3. The number of carbonyl (C=O) groups is 1. The number of carbonyl (C=O) groups excluding carboxylic acids is 1. The molecule has 5 heteroatoms. The second-order valence-electron chi connectivity index (χ2n) is 4.69. The highest BCUT2D eigenvalue weighted by Gasteiger charge is 2.24. The fourth-order valence-corrected chi connectivity index (χ4v) is 3.18. The molecule has 1 atom stereocenters. The van der Waals surface area contributed by atoms with Crippen LogP contribution in [0.1, 0.15) is 41.8 Å². The van der Waals surface area contributed by atoms with Crippen molar-refractivity contribution in [1.82, 2.24) is 5.32 Å². The highest BCUT2D eigenvalue weighted by molar-refractivity contribution is 7.12.